The fourth-order valence-corrected chi connectivity index (χ4v) is 1.97. The van der Waals surface area contributed by atoms with Crippen molar-refractivity contribution < 1.29 is 14.6 Å². The molecule has 3 heteroatoms. The smallest absolute Gasteiger partial charge is 0.339 e. The summed E-state index contributed by atoms with van der Waals surface area (Å²) in [6.07, 6.45) is 1.12. The van der Waals surface area contributed by atoms with Crippen LogP contribution in [0.4, 0.5) is 0 Å². The maximum absolute atomic E-state index is 11.1. The minimum Gasteiger partial charge on any atom is -0.479 e. The van der Waals surface area contributed by atoms with Crippen LogP contribution < -0.4 is 0 Å². The Kier molecular flexibility index (Phi) is 2.49. The highest BCUT2D eigenvalue weighted by Crippen LogP contribution is 2.52. The molecule has 1 N–H and O–H groups in total. The van der Waals surface area contributed by atoms with Gasteiger partial charge in [0.25, 0.3) is 0 Å². The Bertz CT molecular complexity index is 360. The first kappa shape index (κ1) is 10.2. The van der Waals surface area contributed by atoms with Crippen LogP contribution in [0.15, 0.2) is 30.3 Å². The zero-order valence-electron chi connectivity index (χ0n) is 8.64. The molecule has 0 amide bonds. The van der Waals surface area contributed by atoms with Crippen molar-refractivity contribution in [1.82, 2.24) is 0 Å². The van der Waals surface area contributed by atoms with E-state index in [4.69, 9.17) is 9.84 Å². The second-order valence-corrected chi connectivity index (χ2v) is 3.85. The van der Waals surface area contributed by atoms with Gasteiger partial charge in [0, 0.05) is 0 Å². The van der Waals surface area contributed by atoms with Crippen molar-refractivity contribution in [3.63, 3.8) is 0 Å². The first-order valence-corrected chi connectivity index (χ1v) is 5.17. The quantitative estimate of drug-likeness (QED) is 0.769. The van der Waals surface area contributed by atoms with Crippen LogP contribution in [0.1, 0.15) is 31.4 Å². The topological polar surface area (TPSA) is 49.8 Å². The molecule has 1 heterocycles. The van der Waals surface area contributed by atoms with Gasteiger partial charge in [-0.1, -0.05) is 43.7 Å². The van der Waals surface area contributed by atoms with Crippen LogP contribution in [0.5, 0.6) is 0 Å². The lowest BCUT2D eigenvalue weighted by Gasteiger charge is -2.05. The van der Waals surface area contributed by atoms with Gasteiger partial charge in [0.15, 0.2) is 5.60 Å². The van der Waals surface area contributed by atoms with E-state index < -0.39 is 11.6 Å². The van der Waals surface area contributed by atoms with Gasteiger partial charge >= 0.3 is 5.97 Å². The number of benzene rings is 1. The van der Waals surface area contributed by atoms with Gasteiger partial charge < -0.3 is 9.84 Å². The van der Waals surface area contributed by atoms with Crippen LogP contribution in [0.3, 0.4) is 0 Å². The number of hydrogen-bond donors (Lipinski definition) is 1. The fraction of sp³-hybridized carbons (Fsp3) is 0.417. The predicted molar refractivity (Wildman–Crippen MR) is 55.5 cm³/mol. The van der Waals surface area contributed by atoms with Gasteiger partial charge in [-0.3, -0.25) is 0 Å². The zero-order valence-corrected chi connectivity index (χ0v) is 8.64. The minimum absolute atomic E-state index is 0.267. The van der Waals surface area contributed by atoms with E-state index in [-0.39, 0.29) is 6.10 Å². The van der Waals surface area contributed by atoms with Crippen LogP contribution in [0.2, 0.25) is 0 Å². The monoisotopic (exact) mass is 206 g/mol. The SMILES string of the molecule is CCCC1(C(=O)O)OC1c1ccccc1. The molecule has 1 fully saturated rings. The van der Waals surface area contributed by atoms with Crippen LogP contribution >= 0.6 is 0 Å². The summed E-state index contributed by atoms with van der Waals surface area (Å²) in [4.78, 5) is 11.1. The number of rotatable bonds is 4. The maximum Gasteiger partial charge on any atom is 0.339 e. The highest BCUT2D eigenvalue weighted by atomic mass is 16.6. The van der Waals surface area contributed by atoms with Crippen molar-refractivity contribution in [1.29, 1.82) is 0 Å². The Labute approximate surface area is 88.7 Å². The van der Waals surface area contributed by atoms with Crippen LogP contribution in [0.25, 0.3) is 0 Å². The molecule has 2 unspecified atom stereocenters. The third-order valence-corrected chi connectivity index (χ3v) is 2.78. The second-order valence-electron chi connectivity index (χ2n) is 3.85. The van der Waals surface area contributed by atoms with Crippen LogP contribution in [0, 0.1) is 0 Å². The van der Waals surface area contributed by atoms with E-state index >= 15 is 0 Å². The van der Waals surface area contributed by atoms with E-state index in [2.05, 4.69) is 0 Å². The zero-order chi connectivity index (χ0) is 10.9. The third kappa shape index (κ3) is 1.63. The molecule has 1 aliphatic heterocycles. The minimum atomic E-state index is -0.962. The molecular weight excluding hydrogens is 192 g/mol. The van der Waals surface area contributed by atoms with Crippen LogP contribution in [-0.2, 0) is 9.53 Å². The average molecular weight is 206 g/mol. The molecule has 1 saturated heterocycles. The summed E-state index contributed by atoms with van der Waals surface area (Å²) in [5.74, 6) is -0.849. The first-order valence-electron chi connectivity index (χ1n) is 5.17. The molecule has 2 rings (SSSR count). The van der Waals surface area contributed by atoms with Crippen molar-refractivity contribution in [3.8, 4) is 0 Å². The van der Waals surface area contributed by atoms with Crippen molar-refractivity contribution in [3.05, 3.63) is 35.9 Å². The van der Waals surface area contributed by atoms with E-state index in [1.807, 2.05) is 37.3 Å². The Morgan fingerprint density at radius 3 is 2.67 bits per heavy atom. The number of carboxylic acids is 1. The van der Waals surface area contributed by atoms with E-state index in [1.54, 1.807) is 0 Å². The van der Waals surface area contributed by atoms with E-state index in [0.29, 0.717) is 6.42 Å². The van der Waals surface area contributed by atoms with Crippen molar-refractivity contribution in [2.24, 2.45) is 0 Å². The van der Waals surface area contributed by atoms with Gasteiger partial charge in [-0.25, -0.2) is 4.79 Å². The Morgan fingerprint density at radius 2 is 2.13 bits per heavy atom. The number of epoxide rings is 1. The summed E-state index contributed by atoms with van der Waals surface area (Å²) in [6.45, 7) is 1.97. The molecule has 0 aromatic heterocycles. The molecule has 2 atom stereocenters. The first-order chi connectivity index (χ1) is 7.20. The maximum atomic E-state index is 11.1. The highest BCUT2D eigenvalue weighted by molar-refractivity contribution is 5.82. The molecule has 0 bridgehead atoms. The summed E-state index contributed by atoms with van der Waals surface area (Å²) in [5, 5.41) is 9.14. The van der Waals surface area contributed by atoms with Crippen molar-refractivity contribution >= 4 is 5.97 Å². The van der Waals surface area contributed by atoms with E-state index in [9.17, 15) is 4.79 Å². The van der Waals surface area contributed by atoms with Crippen LogP contribution in [-0.4, -0.2) is 16.7 Å². The summed E-state index contributed by atoms with van der Waals surface area (Å²) < 4.78 is 5.39. The van der Waals surface area contributed by atoms with Crippen molar-refractivity contribution in [2.45, 2.75) is 31.5 Å². The molecule has 3 nitrogen and oxygen atoms in total. The Balaban J connectivity index is 2.19. The van der Waals surface area contributed by atoms with Gasteiger partial charge in [0.05, 0.1) is 0 Å². The van der Waals surface area contributed by atoms with Gasteiger partial charge in [0.2, 0.25) is 0 Å². The lowest BCUT2D eigenvalue weighted by Crippen LogP contribution is -2.24. The summed E-state index contributed by atoms with van der Waals surface area (Å²) in [7, 11) is 0. The van der Waals surface area contributed by atoms with Gasteiger partial charge in [-0.05, 0) is 12.0 Å². The molecule has 15 heavy (non-hydrogen) atoms. The third-order valence-electron chi connectivity index (χ3n) is 2.78. The molecule has 0 saturated carbocycles. The molecule has 1 aliphatic rings. The molecule has 1 aromatic carbocycles. The van der Waals surface area contributed by atoms with E-state index in [0.717, 1.165) is 12.0 Å². The largest absolute Gasteiger partial charge is 0.479 e. The van der Waals surface area contributed by atoms with Gasteiger partial charge in [-0.15, -0.1) is 0 Å². The lowest BCUT2D eigenvalue weighted by molar-refractivity contribution is -0.143. The number of aliphatic carboxylic acids is 1. The number of ether oxygens (including phenoxy) is 1. The predicted octanol–water partition coefficient (Wildman–Crippen LogP) is 2.38. The molecule has 0 aliphatic carbocycles. The molecule has 1 aromatic rings. The highest BCUT2D eigenvalue weighted by Gasteiger charge is 2.62. The van der Waals surface area contributed by atoms with Gasteiger partial charge in [-0.2, -0.15) is 0 Å². The summed E-state index contributed by atoms with van der Waals surface area (Å²) in [5.41, 5.74) is -0.0100. The average Bonchev–Trinajstić information content (AvgIpc) is 2.96. The molecule has 80 valence electrons. The Hall–Kier alpha value is -1.35. The molecule has 0 radical (unpaired) electrons. The van der Waals surface area contributed by atoms with E-state index in [1.165, 1.54) is 0 Å². The number of carboxylic acid groups (broad SMARTS) is 1. The Morgan fingerprint density at radius 1 is 1.47 bits per heavy atom. The fourth-order valence-electron chi connectivity index (χ4n) is 1.97. The summed E-state index contributed by atoms with van der Waals surface area (Å²) >= 11 is 0. The molecule has 0 spiro atoms. The second kappa shape index (κ2) is 3.66. The lowest BCUT2D eigenvalue weighted by atomic mass is 9.95. The molecular formula is C12H14O3. The summed E-state index contributed by atoms with van der Waals surface area (Å²) in [6, 6.07) is 9.52. The van der Waals surface area contributed by atoms with Crippen molar-refractivity contribution in [2.75, 3.05) is 0 Å². The number of carbonyl (C=O) groups is 1. The normalized spacial score (nSPS) is 28.7. The standard InChI is InChI=1S/C12H14O3/c1-2-8-12(11(13)14)10(15-12)9-6-4-3-5-7-9/h3-7,10H,2,8H2,1H3,(H,13,14). The number of hydrogen-bond acceptors (Lipinski definition) is 2. The van der Waals surface area contributed by atoms with Gasteiger partial charge in [0.1, 0.15) is 6.10 Å².